The number of imidazole rings is 1. The summed E-state index contributed by atoms with van der Waals surface area (Å²) in [6.45, 7) is 0. The molecule has 0 radical (unpaired) electrons. The lowest BCUT2D eigenvalue weighted by atomic mass is 10.2. The Kier molecular flexibility index (Phi) is 3.68. The fourth-order valence-corrected chi connectivity index (χ4v) is 2.81. The number of anilines is 1. The molecule has 0 unspecified atom stereocenters. The Morgan fingerprint density at radius 2 is 1.88 bits per heavy atom. The Bertz CT molecular complexity index is 965. The highest BCUT2D eigenvalue weighted by Crippen LogP contribution is 2.29. The molecule has 0 aliphatic carbocycles. The van der Waals surface area contributed by atoms with Gasteiger partial charge in [-0.25, -0.2) is 9.50 Å². The summed E-state index contributed by atoms with van der Waals surface area (Å²) in [5.41, 5.74) is 2.56. The van der Waals surface area contributed by atoms with Crippen LogP contribution in [-0.4, -0.2) is 20.5 Å². The number of ether oxygens (including phenoxy) is 1. The van der Waals surface area contributed by atoms with Crippen LogP contribution in [0.25, 0.3) is 4.96 Å². The molecule has 24 heavy (non-hydrogen) atoms. The van der Waals surface area contributed by atoms with E-state index >= 15 is 0 Å². The Morgan fingerprint density at radius 1 is 1.08 bits per heavy atom. The second-order valence-electron chi connectivity index (χ2n) is 4.96. The first-order valence-electron chi connectivity index (χ1n) is 7.22. The predicted octanol–water partition coefficient (Wildman–Crippen LogP) is 3.84. The van der Waals surface area contributed by atoms with Crippen molar-refractivity contribution in [1.29, 1.82) is 0 Å². The summed E-state index contributed by atoms with van der Waals surface area (Å²) in [5, 5.41) is 6.91. The maximum absolute atomic E-state index is 12.4. The van der Waals surface area contributed by atoms with Gasteiger partial charge in [0.1, 0.15) is 17.0 Å². The second kappa shape index (κ2) is 6.13. The molecule has 4 rings (SSSR count). The van der Waals surface area contributed by atoms with Crippen molar-refractivity contribution in [3.05, 3.63) is 72.0 Å². The molecule has 4 aromatic rings. The number of hydrogen-bond donors (Lipinski definition) is 1. The molecule has 6 nitrogen and oxygen atoms in total. The topological polar surface area (TPSA) is 68.5 Å². The molecule has 0 aliphatic heterocycles. The van der Waals surface area contributed by atoms with Crippen LogP contribution in [-0.2, 0) is 0 Å². The fourth-order valence-electron chi connectivity index (χ4n) is 2.21. The van der Waals surface area contributed by atoms with Gasteiger partial charge in [0.25, 0.3) is 5.91 Å². The zero-order valence-corrected chi connectivity index (χ0v) is 13.2. The molecule has 2 aromatic carbocycles. The standard InChI is InChI=1S/C17H12N4O2S/c22-16(14-10-21-17(20-14)24-11-18-21)19-13-8-4-5-9-15(13)23-12-6-2-1-3-7-12/h1-11H,(H,19,22). The van der Waals surface area contributed by atoms with Crippen molar-refractivity contribution >= 4 is 27.9 Å². The second-order valence-corrected chi connectivity index (χ2v) is 5.77. The molecule has 2 heterocycles. The van der Waals surface area contributed by atoms with E-state index in [9.17, 15) is 4.79 Å². The third kappa shape index (κ3) is 2.84. The van der Waals surface area contributed by atoms with E-state index in [2.05, 4.69) is 15.4 Å². The summed E-state index contributed by atoms with van der Waals surface area (Å²) in [7, 11) is 0. The highest BCUT2D eigenvalue weighted by atomic mass is 32.1. The SMILES string of the molecule is O=C(Nc1ccccc1Oc1ccccc1)c1cn2ncsc2n1. The Balaban J connectivity index is 1.58. The number of fused-ring (bicyclic) bond motifs is 1. The molecular formula is C17H12N4O2S. The molecule has 7 heteroatoms. The lowest BCUT2D eigenvalue weighted by Gasteiger charge is -2.11. The van der Waals surface area contributed by atoms with Crippen LogP contribution in [0.3, 0.4) is 0 Å². The van der Waals surface area contributed by atoms with Gasteiger partial charge in [-0.15, -0.1) is 0 Å². The molecule has 0 aliphatic rings. The Morgan fingerprint density at radius 3 is 2.71 bits per heavy atom. The van der Waals surface area contributed by atoms with Crippen LogP contribution < -0.4 is 10.1 Å². The minimum Gasteiger partial charge on any atom is -0.455 e. The van der Waals surface area contributed by atoms with Gasteiger partial charge in [-0.1, -0.05) is 41.7 Å². The molecule has 0 fully saturated rings. The summed E-state index contributed by atoms with van der Waals surface area (Å²) in [5.74, 6) is 0.957. The van der Waals surface area contributed by atoms with Gasteiger partial charge in [0.2, 0.25) is 4.96 Å². The number of hydrogen-bond acceptors (Lipinski definition) is 5. The summed E-state index contributed by atoms with van der Waals surface area (Å²) >= 11 is 1.37. The number of para-hydroxylation sites is 3. The highest BCUT2D eigenvalue weighted by molar-refractivity contribution is 7.14. The normalized spacial score (nSPS) is 10.7. The summed E-state index contributed by atoms with van der Waals surface area (Å²) in [4.78, 5) is 17.3. The first kappa shape index (κ1) is 14.4. The van der Waals surface area contributed by atoms with E-state index in [1.54, 1.807) is 28.4 Å². The van der Waals surface area contributed by atoms with E-state index < -0.39 is 0 Å². The molecule has 1 N–H and O–H groups in total. The molecule has 0 saturated heterocycles. The maximum atomic E-state index is 12.4. The van der Waals surface area contributed by atoms with Gasteiger partial charge in [-0.3, -0.25) is 4.79 Å². The van der Waals surface area contributed by atoms with Crippen molar-refractivity contribution in [3.8, 4) is 11.5 Å². The van der Waals surface area contributed by atoms with Gasteiger partial charge >= 0.3 is 0 Å². The van der Waals surface area contributed by atoms with E-state index in [0.29, 0.717) is 27.8 Å². The summed E-state index contributed by atoms with van der Waals surface area (Å²) in [6.07, 6.45) is 1.60. The average Bonchev–Trinajstić information content (AvgIpc) is 3.19. The fraction of sp³-hybridized carbons (Fsp3) is 0. The molecule has 0 saturated carbocycles. The minimum absolute atomic E-state index is 0.309. The van der Waals surface area contributed by atoms with Crippen LogP contribution in [0.1, 0.15) is 10.5 Å². The van der Waals surface area contributed by atoms with Crippen molar-refractivity contribution in [3.63, 3.8) is 0 Å². The number of carbonyl (C=O) groups is 1. The van der Waals surface area contributed by atoms with Crippen LogP contribution in [0, 0.1) is 0 Å². The van der Waals surface area contributed by atoms with Crippen molar-refractivity contribution in [2.75, 3.05) is 5.32 Å². The molecule has 0 atom stereocenters. The highest BCUT2D eigenvalue weighted by Gasteiger charge is 2.14. The van der Waals surface area contributed by atoms with Crippen molar-refractivity contribution in [1.82, 2.24) is 14.6 Å². The largest absolute Gasteiger partial charge is 0.455 e. The van der Waals surface area contributed by atoms with Crippen LogP contribution in [0.2, 0.25) is 0 Å². The number of carbonyl (C=O) groups excluding carboxylic acids is 1. The van der Waals surface area contributed by atoms with Gasteiger partial charge in [-0.2, -0.15) is 5.10 Å². The maximum Gasteiger partial charge on any atom is 0.276 e. The molecule has 1 amide bonds. The first-order valence-corrected chi connectivity index (χ1v) is 8.10. The van der Waals surface area contributed by atoms with Gasteiger partial charge in [0.15, 0.2) is 5.75 Å². The molecular weight excluding hydrogens is 324 g/mol. The molecule has 0 bridgehead atoms. The summed E-state index contributed by atoms with van der Waals surface area (Å²) in [6, 6.07) is 16.7. The van der Waals surface area contributed by atoms with Gasteiger partial charge in [-0.05, 0) is 24.3 Å². The first-order chi connectivity index (χ1) is 11.8. The van der Waals surface area contributed by atoms with Crippen molar-refractivity contribution in [2.45, 2.75) is 0 Å². The van der Waals surface area contributed by atoms with Gasteiger partial charge in [0, 0.05) is 0 Å². The monoisotopic (exact) mass is 336 g/mol. The zero-order chi connectivity index (χ0) is 16.4. The van der Waals surface area contributed by atoms with Crippen LogP contribution in [0.15, 0.2) is 66.3 Å². The van der Waals surface area contributed by atoms with E-state index in [-0.39, 0.29) is 5.91 Å². The number of rotatable bonds is 4. The lowest BCUT2D eigenvalue weighted by Crippen LogP contribution is -2.13. The van der Waals surface area contributed by atoms with E-state index in [1.165, 1.54) is 11.3 Å². The van der Waals surface area contributed by atoms with Crippen LogP contribution >= 0.6 is 11.3 Å². The number of nitrogens with zero attached hydrogens (tertiary/aromatic N) is 3. The van der Waals surface area contributed by atoms with Crippen molar-refractivity contribution in [2.24, 2.45) is 0 Å². The third-order valence-corrected chi connectivity index (χ3v) is 4.01. The predicted molar refractivity (Wildman–Crippen MR) is 91.8 cm³/mol. The Hall–Kier alpha value is -3.19. The minimum atomic E-state index is -0.309. The number of aromatic nitrogens is 3. The van der Waals surface area contributed by atoms with Crippen LogP contribution in [0.5, 0.6) is 11.5 Å². The van der Waals surface area contributed by atoms with Gasteiger partial charge in [0.05, 0.1) is 11.9 Å². The Labute approximate surface area is 141 Å². The van der Waals surface area contributed by atoms with Crippen molar-refractivity contribution < 1.29 is 9.53 Å². The van der Waals surface area contributed by atoms with E-state index in [1.807, 2.05) is 42.5 Å². The number of nitrogens with one attached hydrogen (secondary N) is 1. The number of benzene rings is 2. The molecule has 2 aromatic heterocycles. The molecule has 118 valence electrons. The zero-order valence-electron chi connectivity index (χ0n) is 12.4. The third-order valence-electron chi connectivity index (χ3n) is 3.33. The molecule has 0 spiro atoms. The van der Waals surface area contributed by atoms with Gasteiger partial charge < -0.3 is 10.1 Å². The van der Waals surface area contributed by atoms with Crippen LogP contribution in [0.4, 0.5) is 5.69 Å². The van der Waals surface area contributed by atoms with E-state index in [4.69, 9.17) is 4.74 Å². The quantitative estimate of drug-likeness (QED) is 0.615. The average molecular weight is 336 g/mol. The lowest BCUT2D eigenvalue weighted by molar-refractivity contribution is 0.102. The smallest absolute Gasteiger partial charge is 0.276 e. The summed E-state index contributed by atoms with van der Waals surface area (Å²) < 4.78 is 7.41. The van der Waals surface area contributed by atoms with E-state index in [0.717, 1.165) is 0 Å². The number of amides is 1.